The number of carbonyl (C=O) groups is 1. The average Bonchev–Trinajstić information content (AvgIpc) is 2.67. The first-order valence-corrected chi connectivity index (χ1v) is 12.3. The quantitative estimate of drug-likeness (QED) is 0.203. The molecule has 0 aliphatic rings. The van der Waals surface area contributed by atoms with Gasteiger partial charge in [-0.2, -0.15) is 0 Å². The highest BCUT2D eigenvalue weighted by Crippen LogP contribution is 2.11. The largest absolute Gasteiger partial charge is 0.356 e. The van der Waals surface area contributed by atoms with Crippen LogP contribution in [0.5, 0.6) is 0 Å². The van der Waals surface area contributed by atoms with Crippen molar-refractivity contribution in [2.45, 2.75) is 129 Å². The first-order valence-electron chi connectivity index (χ1n) is 12.3. The highest BCUT2D eigenvalue weighted by atomic mass is 16.1. The van der Waals surface area contributed by atoms with Crippen molar-refractivity contribution in [3.8, 4) is 0 Å². The zero-order chi connectivity index (χ0) is 19.8. The van der Waals surface area contributed by atoms with Crippen molar-refractivity contribution < 1.29 is 4.79 Å². The van der Waals surface area contributed by atoms with Crippen LogP contribution in [0.15, 0.2) is 0 Å². The number of nitrogens with one attached hydrogen (secondary N) is 2. The van der Waals surface area contributed by atoms with Gasteiger partial charge in [-0.1, -0.05) is 110 Å². The Bertz CT molecular complexity index is 294. The van der Waals surface area contributed by atoms with Gasteiger partial charge in [-0.3, -0.25) is 4.79 Å². The Balaban J connectivity index is 3.12. The van der Waals surface area contributed by atoms with Crippen LogP contribution < -0.4 is 10.6 Å². The van der Waals surface area contributed by atoms with Crippen molar-refractivity contribution in [1.29, 1.82) is 0 Å². The molecule has 1 amide bonds. The van der Waals surface area contributed by atoms with Crippen molar-refractivity contribution >= 4 is 5.91 Å². The topological polar surface area (TPSA) is 41.1 Å². The Morgan fingerprint density at radius 1 is 0.519 bits per heavy atom. The van der Waals surface area contributed by atoms with E-state index in [2.05, 4.69) is 24.5 Å². The number of carbonyl (C=O) groups excluding carboxylic acids is 1. The SMILES string of the molecule is CCCCCCCCCCCCCCNC(=O)CCNCCCCCCC. The fourth-order valence-corrected chi connectivity index (χ4v) is 3.46. The van der Waals surface area contributed by atoms with E-state index >= 15 is 0 Å². The normalized spacial score (nSPS) is 11.0. The Morgan fingerprint density at radius 3 is 1.41 bits per heavy atom. The minimum atomic E-state index is 0.205. The van der Waals surface area contributed by atoms with Gasteiger partial charge in [-0.15, -0.1) is 0 Å². The predicted molar refractivity (Wildman–Crippen MR) is 120 cm³/mol. The van der Waals surface area contributed by atoms with Crippen molar-refractivity contribution in [3.05, 3.63) is 0 Å². The van der Waals surface area contributed by atoms with E-state index in [4.69, 9.17) is 0 Å². The van der Waals surface area contributed by atoms with E-state index in [-0.39, 0.29) is 5.91 Å². The summed E-state index contributed by atoms with van der Waals surface area (Å²) in [5.74, 6) is 0.205. The third-order valence-corrected chi connectivity index (χ3v) is 5.34. The molecule has 0 atom stereocenters. The maximum atomic E-state index is 11.8. The van der Waals surface area contributed by atoms with E-state index in [1.54, 1.807) is 0 Å². The molecule has 27 heavy (non-hydrogen) atoms. The second-order valence-corrected chi connectivity index (χ2v) is 8.15. The van der Waals surface area contributed by atoms with Crippen LogP contribution in [-0.2, 0) is 4.79 Å². The van der Waals surface area contributed by atoms with Crippen molar-refractivity contribution in [2.75, 3.05) is 19.6 Å². The molecule has 162 valence electrons. The summed E-state index contributed by atoms with van der Waals surface area (Å²) in [5.41, 5.74) is 0. The van der Waals surface area contributed by atoms with Gasteiger partial charge in [0.05, 0.1) is 0 Å². The van der Waals surface area contributed by atoms with E-state index < -0.39 is 0 Å². The second-order valence-electron chi connectivity index (χ2n) is 8.15. The number of unbranched alkanes of at least 4 members (excludes halogenated alkanes) is 15. The van der Waals surface area contributed by atoms with Gasteiger partial charge in [0.2, 0.25) is 5.91 Å². The molecule has 0 bridgehead atoms. The van der Waals surface area contributed by atoms with Gasteiger partial charge in [-0.25, -0.2) is 0 Å². The van der Waals surface area contributed by atoms with E-state index in [1.165, 1.54) is 103 Å². The molecule has 0 aliphatic heterocycles. The van der Waals surface area contributed by atoms with Crippen molar-refractivity contribution in [1.82, 2.24) is 10.6 Å². The third-order valence-electron chi connectivity index (χ3n) is 5.34. The van der Waals surface area contributed by atoms with Crippen LogP contribution >= 0.6 is 0 Å². The summed E-state index contributed by atoms with van der Waals surface area (Å²) in [6, 6.07) is 0. The standard InChI is InChI=1S/C24H50N2O/c1-3-5-7-9-10-11-12-13-14-15-17-19-22-26-24(27)20-23-25-21-18-16-8-6-4-2/h25H,3-23H2,1-2H3,(H,26,27). The Hall–Kier alpha value is -0.570. The molecule has 3 nitrogen and oxygen atoms in total. The van der Waals surface area contributed by atoms with Gasteiger partial charge in [0.25, 0.3) is 0 Å². The van der Waals surface area contributed by atoms with Crippen LogP contribution in [0.25, 0.3) is 0 Å². The fraction of sp³-hybridized carbons (Fsp3) is 0.958. The van der Waals surface area contributed by atoms with Gasteiger partial charge in [-0.05, 0) is 19.4 Å². The van der Waals surface area contributed by atoms with Crippen LogP contribution in [0, 0.1) is 0 Å². The molecule has 0 fully saturated rings. The van der Waals surface area contributed by atoms with E-state index in [9.17, 15) is 4.79 Å². The molecule has 2 N–H and O–H groups in total. The zero-order valence-corrected chi connectivity index (χ0v) is 18.8. The Labute approximate surface area is 170 Å². The van der Waals surface area contributed by atoms with Crippen LogP contribution in [0.1, 0.15) is 129 Å². The van der Waals surface area contributed by atoms with Crippen LogP contribution in [0.4, 0.5) is 0 Å². The molecule has 0 aromatic rings. The molecule has 3 heteroatoms. The summed E-state index contributed by atoms with van der Waals surface area (Å²) < 4.78 is 0. The predicted octanol–water partition coefficient (Wildman–Crippen LogP) is 6.75. The summed E-state index contributed by atoms with van der Waals surface area (Å²) in [6.45, 7) is 7.25. The fourth-order valence-electron chi connectivity index (χ4n) is 3.46. The Morgan fingerprint density at radius 2 is 0.926 bits per heavy atom. The molecule has 0 aromatic heterocycles. The number of amides is 1. The van der Waals surface area contributed by atoms with Crippen molar-refractivity contribution in [3.63, 3.8) is 0 Å². The number of rotatable bonds is 22. The monoisotopic (exact) mass is 382 g/mol. The summed E-state index contributed by atoms with van der Waals surface area (Å²) >= 11 is 0. The van der Waals surface area contributed by atoms with Crippen LogP contribution in [-0.4, -0.2) is 25.5 Å². The number of hydrogen-bond donors (Lipinski definition) is 2. The lowest BCUT2D eigenvalue weighted by molar-refractivity contribution is -0.121. The highest BCUT2D eigenvalue weighted by molar-refractivity contribution is 5.75. The van der Waals surface area contributed by atoms with E-state index in [0.29, 0.717) is 6.42 Å². The van der Waals surface area contributed by atoms with Gasteiger partial charge < -0.3 is 10.6 Å². The minimum absolute atomic E-state index is 0.205. The molecule has 0 radical (unpaired) electrons. The molecule has 0 saturated carbocycles. The van der Waals surface area contributed by atoms with Crippen molar-refractivity contribution in [2.24, 2.45) is 0 Å². The van der Waals surface area contributed by atoms with Crippen LogP contribution in [0.2, 0.25) is 0 Å². The summed E-state index contributed by atoms with van der Waals surface area (Å²) in [6.07, 6.45) is 23.5. The maximum absolute atomic E-state index is 11.8. The highest BCUT2D eigenvalue weighted by Gasteiger charge is 2.00. The lowest BCUT2D eigenvalue weighted by Crippen LogP contribution is -2.28. The van der Waals surface area contributed by atoms with Gasteiger partial charge in [0.1, 0.15) is 0 Å². The molecule has 0 aliphatic carbocycles. The minimum Gasteiger partial charge on any atom is -0.356 e. The molecule has 0 rings (SSSR count). The van der Waals surface area contributed by atoms with Gasteiger partial charge in [0.15, 0.2) is 0 Å². The molecule has 0 saturated heterocycles. The first-order chi connectivity index (χ1) is 13.3. The van der Waals surface area contributed by atoms with Crippen LogP contribution in [0.3, 0.4) is 0 Å². The molecular weight excluding hydrogens is 332 g/mol. The van der Waals surface area contributed by atoms with E-state index in [0.717, 1.165) is 26.1 Å². The van der Waals surface area contributed by atoms with E-state index in [1.807, 2.05) is 0 Å². The molecule has 0 aromatic carbocycles. The van der Waals surface area contributed by atoms with Gasteiger partial charge in [0, 0.05) is 19.5 Å². The summed E-state index contributed by atoms with van der Waals surface area (Å²) in [4.78, 5) is 11.8. The average molecular weight is 383 g/mol. The summed E-state index contributed by atoms with van der Waals surface area (Å²) in [7, 11) is 0. The van der Waals surface area contributed by atoms with Gasteiger partial charge >= 0.3 is 0 Å². The lowest BCUT2D eigenvalue weighted by Gasteiger charge is -2.07. The molecule has 0 unspecified atom stereocenters. The maximum Gasteiger partial charge on any atom is 0.221 e. The number of hydrogen-bond acceptors (Lipinski definition) is 2. The smallest absolute Gasteiger partial charge is 0.221 e. The second kappa shape index (κ2) is 23.5. The zero-order valence-electron chi connectivity index (χ0n) is 18.8. The lowest BCUT2D eigenvalue weighted by atomic mass is 10.1. The third kappa shape index (κ3) is 23.4. The Kier molecular flexibility index (Phi) is 23.0. The first kappa shape index (κ1) is 26.4. The summed E-state index contributed by atoms with van der Waals surface area (Å²) in [5, 5.41) is 6.44. The molecule has 0 spiro atoms. The molecule has 0 heterocycles. The molecular formula is C24H50N2O.